The number of aliphatic hydroxyl groups excluding tert-OH is 1. The zero-order valence-corrected chi connectivity index (χ0v) is 15.5. The number of hydrogen-bond donors (Lipinski definition) is 1. The van der Waals surface area contributed by atoms with Crippen molar-refractivity contribution in [2.24, 2.45) is 0 Å². The van der Waals surface area contributed by atoms with Crippen LogP contribution in [-0.2, 0) is 14.3 Å². The highest BCUT2D eigenvalue weighted by Gasteiger charge is 2.16. The second-order valence-electron chi connectivity index (χ2n) is 5.40. The maximum atomic E-state index is 12.2. The highest BCUT2D eigenvalue weighted by Crippen LogP contribution is 2.10. The third kappa shape index (κ3) is 7.35. The number of nitrogens with zero attached hydrogens (tertiary/aromatic N) is 2. The number of carbonyl (C=O) groups excluding carboxylic acids is 2. The summed E-state index contributed by atoms with van der Waals surface area (Å²) in [6.45, 7) is 12.7. The molecule has 0 unspecified atom stereocenters. The lowest BCUT2D eigenvalue weighted by molar-refractivity contribution is -0.138. The summed E-state index contributed by atoms with van der Waals surface area (Å²) in [5.41, 5.74) is 1.37. The second kappa shape index (κ2) is 11.3. The van der Waals surface area contributed by atoms with Crippen LogP contribution in [0, 0.1) is 0 Å². The predicted octanol–water partition coefficient (Wildman–Crippen LogP) is 2.64. The van der Waals surface area contributed by atoms with E-state index in [4.69, 9.17) is 4.74 Å². The van der Waals surface area contributed by atoms with E-state index in [2.05, 4.69) is 6.58 Å². The third-order valence-corrected chi connectivity index (χ3v) is 3.78. The van der Waals surface area contributed by atoms with Crippen molar-refractivity contribution < 1.29 is 19.4 Å². The van der Waals surface area contributed by atoms with E-state index in [1.165, 1.54) is 12.2 Å². The molecule has 0 aromatic rings. The van der Waals surface area contributed by atoms with Gasteiger partial charge in [-0.2, -0.15) is 0 Å². The SMILES string of the molecule is C=C/C=C(\O)CC(=O)N(CC)CCN(C)/C(C)=C(/C)C(=O)OCC. The first-order valence-corrected chi connectivity index (χ1v) is 8.12. The van der Waals surface area contributed by atoms with Gasteiger partial charge < -0.3 is 19.6 Å². The van der Waals surface area contributed by atoms with Crippen LogP contribution in [0.2, 0.25) is 0 Å². The first-order chi connectivity index (χ1) is 11.3. The standard InChI is InChI=1S/C18H30N2O4/c1-7-10-16(21)13-17(22)20(8-2)12-11-19(6)15(5)14(4)18(23)24-9-3/h7,10,21H,1,8-9,11-13H2,2-6H3/b15-14-,16-10-. The molecule has 1 amide bonds. The molecule has 0 aliphatic heterocycles. The van der Waals surface area contributed by atoms with Crippen molar-refractivity contribution >= 4 is 11.9 Å². The normalized spacial score (nSPS) is 12.3. The Balaban J connectivity index is 4.75. The van der Waals surface area contributed by atoms with Crippen molar-refractivity contribution in [2.75, 3.05) is 33.3 Å². The molecule has 0 aliphatic rings. The molecule has 0 radical (unpaired) electrons. The Morgan fingerprint density at radius 1 is 1.21 bits per heavy atom. The lowest BCUT2D eigenvalue weighted by Crippen LogP contribution is -2.37. The molecule has 0 aliphatic carbocycles. The van der Waals surface area contributed by atoms with E-state index in [1.807, 2.05) is 25.8 Å². The van der Waals surface area contributed by atoms with Crippen LogP contribution < -0.4 is 0 Å². The van der Waals surface area contributed by atoms with Gasteiger partial charge in [0, 0.05) is 32.4 Å². The summed E-state index contributed by atoms with van der Waals surface area (Å²) < 4.78 is 5.00. The zero-order valence-electron chi connectivity index (χ0n) is 15.5. The van der Waals surface area contributed by atoms with Crippen molar-refractivity contribution in [1.82, 2.24) is 9.80 Å². The van der Waals surface area contributed by atoms with Gasteiger partial charge in [-0.3, -0.25) is 4.79 Å². The molecule has 0 rings (SSSR count). The van der Waals surface area contributed by atoms with Gasteiger partial charge in [0.15, 0.2) is 0 Å². The molecule has 0 fully saturated rings. The minimum atomic E-state index is -0.329. The molecule has 0 spiro atoms. The molecule has 0 aromatic heterocycles. The Hall–Kier alpha value is -2.24. The fourth-order valence-electron chi connectivity index (χ4n) is 2.03. The zero-order chi connectivity index (χ0) is 18.7. The van der Waals surface area contributed by atoms with E-state index in [0.717, 1.165) is 5.70 Å². The van der Waals surface area contributed by atoms with Crippen molar-refractivity contribution in [3.8, 4) is 0 Å². The maximum Gasteiger partial charge on any atom is 0.335 e. The minimum absolute atomic E-state index is 0.00367. The highest BCUT2D eigenvalue weighted by molar-refractivity contribution is 5.88. The lowest BCUT2D eigenvalue weighted by atomic mass is 10.2. The van der Waals surface area contributed by atoms with E-state index in [9.17, 15) is 14.7 Å². The summed E-state index contributed by atoms with van der Waals surface area (Å²) in [5, 5.41) is 9.59. The average Bonchev–Trinajstić information content (AvgIpc) is 2.54. The second-order valence-corrected chi connectivity index (χ2v) is 5.40. The molecule has 1 N–H and O–H groups in total. The molecule has 6 nitrogen and oxygen atoms in total. The summed E-state index contributed by atoms with van der Waals surface area (Å²) >= 11 is 0. The quantitative estimate of drug-likeness (QED) is 0.287. The van der Waals surface area contributed by atoms with Crippen LogP contribution in [0.1, 0.15) is 34.1 Å². The van der Waals surface area contributed by atoms with Crippen molar-refractivity contribution in [3.05, 3.63) is 35.8 Å². The first-order valence-electron chi connectivity index (χ1n) is 8.12. The van der Waals surface area contributed by atoms with Crippen molar-refractivity contribution in [3.63, 3.8) is 0 Å². The van der Waals surface area contributed by atoms with Crippen LogP contribution >= 0.6 is 0 Å². The Bertz CT molecular complexity index is 509. The van der Waals surface area contributed by atoms with Crippen LogP contribution in [0.4, 0.5) is 0 Å². The van der Waals surface area contributed by atoms with Gasteiger partial charge in [-0.15, -0.1) is 0 Å². The van der Waals surface area contributed by atoms with Gasteiger partial charge in [-0.05, 0) is 33.8 Å². The Morgan fingerprint density at radius 2 is 1.83 bits per heavy atom. The molecular formula is C18H30N2O4. The molecule has 0 heterocycles. The number of hydrogen-bond acceptors (Lipinski definition) is 5. The lowest BCUT2D eigenvalue weighted by Gasteiger charge is -2.27. The molecule has 0 saturated carbocycles. The van der Waals surface area contributed by atoms with Crippen molar-refractivity contribution in [2.45, 2.75) is 34.1 Å². The van der Waals surface area contributed by atoms with E-state index in [0.29, 0.717) is 31.8 Å². The summed E-state index contributed by atoms with van der Waals surface area (Å²) in [4.78, 5) is 27.5. The summed E-state index contributed by atoms with van der Waals surface area (Å²) in [5.74, 6) is -0.481. The molecule has 0 bridgehead atoms. The molecule has 6 heteroatoms. The van der Waals surface area contributed by atoms with E-state index in [1.54, 1.807) is 18.7 Å². The number of rotatable bonds is 10. The van der Waals surface area contributed by atoms with Gasteiger partial charge in [0.25, 0.3) is 0 Å². The Morgan fingerprint density at radius 3 is 2.33 bits per heavy atom. The van der Waals surface area contributed by atoms with Crippen LogP contribution in [-0.4, -0.2) is 60.1 Å². The molecule has 24 heavy (non-hydrogen) atoms. The van der Waals surface area contributed by atoms with Crippen molar-refractivity contribution in [1.29, 1.82) is 0 Å². The fraction of sp³-hybridized carbons (Fsp3) is 0.556. The van der Waals surface area contributed by atoms with E-state index in [-0.39, 0.29) is 24.1 Å². The number of likely N-dealkylation sites (N-methyl/N-ethyl adjacent to an activating group) is 2. The topological polar surface area (TPSA) is 70.1 Å². The number of aliphatic hydroxyl groups is 1. The highest BCUT2D eigenvalue weighted by atomic mass is 16.5. The van der Waals surface area contributed by atoms with Crippen LogP contribution in [0.3, 0.4) is 0 Å². The maximum absolute atomic E-state index is 12.2. The molecule has 0 saturated heterocycles. The van der Waals surface area contributed by atoms with Crippen LogP contribution in [0.5, 0.6) is 0 Å². The summed E-state index contributed by atoms with van der Waals surface area (Å²) in [7, 11) is 1.87. The third-order valence-electron chi connectivity index (χ3n) is 3.78. The number of esters is 1. The number of ether oxygens (including phenoxy) is 1. The number of allylic oxidation sites excluding steroid dienone is 3. The Kier molecular flexibility index (Phi) is 10.3. The minimum Gasteiger partial charge on any atom is -0.512 e. The average molecular weight is 338 g/mol. The monoisotopic (exact) mass is 338 g/mol. The van der Waals surface area contributed by atoms with Gasteiger partial charge in [-0.1, -0.05) is 12.7 Å². The summed E-state index contributed by atoms with van der Waals surface area (Å²) in [6, 6.07) is 0. The number of amides is 1. The van der Waals surface area contributed by atoms with Gasteiger partial charge in [0.2, 0.25) is 5.91 Å². The summed E-state index contributed by atoms with van der Waals surface area (Å²) in [6.07, 6.45) is 2.81. The largest absolute Gasteiger partial charge is 0.512 e. The smallest absolute Gasteiger partial charge is 0.335 e. The van der Waals surface area contributed by atoms with Gasteiger partial charge >= 0.3 is 5.97 Å². The van der Waals surface area contributed by atoms with Crippen LogP contribution in [0.25, 0.3) is 0 Å². The van der Waals surface area contributed by atoms with E-state index >= 15 is 0 Å². The molecule has 0 aromatic carbocycles. The Labute approximate surface area is 145 Å². The predicted molar refractivity (Wildman–Crippen MR) is 95.4 cm³/mol. The molecular weight excluding hydrogens is 308 g/mol. The van der Waals surface area contributed by atoms with Crippen LogP contribution in [0.15, 0.2) is 35.8 Å². The van der Waals surface area contributed by atoms with E-state index < -0.39 is 0 Å². The molecule has 0 atom stereocenters. The fourth-order valence-corrected chi connectivity index (χ4v) is 2.03. The van der Waals surface area contributed by atoms with Gasteiger partial charge in [-0.25, -0.2) is 4.79 Å². The van der Waals surface area contributed by atoms with Gasteiger partial charge in [0.1, 0.15) is 5.76 Å². The molecule has 136 valence electrons. The number of carbonyl (C=O) groups is 2. The van der Waals surface area contributed by atoms with Gasteiger partial charge in [0.05, 0.1) is 18.6 Å². The first kappa shape index (κ1) is 21.8.